The van der Waals surface area contributed by atoms with Crippen molar-refractivity contribution in [1.29, 1.82) is 0 Å². The topological polar surface area (TPSA) is 96.0 Å². The molecule has 2 aliphatic heterocycles. The quantitative estimate of drug-likeness (QED) is 0.598. The summed E-state index contributed by atoms with van der Waals surface area (Å²) >= 11 is 0. The molecular weight excluding hydrogens is 454 g/mol. The van der Waals surface area contributed by atoms with Crippen molar-refractivity contribution in [1.82, 2.24) is 0 Å². The van der Waals surface area contributed by atoms with Crippen LogP contribution < -0.4 is 14.5 Å². The first-order valence-corrected chi connectivity index (χ1v) is 12.4. The smallest absolute Gasteiger partial charge is 0.414 e. The molecule has 0 bridgehead atoms. The number of fused-ring (bicyclic) bond motifs is 1. The maximum atomic E-state index is 13.5. The van der Waals surface area contributed by atoms with Crippen molar-refractivity contribution in [2.75, 3.05) is 34.2 Å². The van der Waals surface area contributed by atoms with E-state index in [0.717, 1.165) is 18.4 Å². The number of hydrogen-bond donors (Lipinski definition) is 1. The molecule has 34 heavy (non-hydrogen) atoms. The second-order valence-electron chi connectivity index (χ2n) is 8.11. The van der Waals surface area contributed by atoms with Gasteiger partial charge in [-0.15, -0.1) is 0 Å². The largest absolute Gasteiger partial charge is 0.447 e. The molecule has 174 valence electrons. The van der Waals surface area contributed by atoms with E-state index < -0.39 is 22.0 Å². The Hall–Kier alpha value is -3.85. The number of nitrogens with one attached hydrogen (secondary N) is 1. The second-order valence-corrected chi connectivity index (χ2v) is 9.97. The zero-order chi connectivity index (χ0) is 23.7. The van der Waals surface area contributed by atoms with Crippen molar-refractivity contribution >= 4 is 39.1 Å². The number of cyclic esters (lactones) is 1. The minimum absolute atomic E-state index is 0.0606. The number of carbonyl (C=O) groups excluding carboxylic acids is 2. The van der Waals surface area contributed by atoms with E-state index in [1.165, 1.54) is 21.3 Å². The third-order valence-corrected chi connectivity index (χ3v) is 7.74. The van der Waals surface area contributed by atoms with E-state index in [4.69, 9.17) is 4.74 Å². The highest BCUT2D eigenvalue weighted by Gasteiger charge is 2.29. The summed E-state index contributed by atoms with van der Waals surface area (Å²) in [6.45, 7) is 1.15. The molecule has 2 amide bonds. The summed E-state index contributed by atoms with van der Waals surface area (Å²) in [5, 5.41) is 2.78. The molecule has 3 aromatic carbocycles. The number of rotatable bonds is 5. The Kier molecular flexibility index (Phi) is 5.70. The first-order chi connectivity index (χ1) is 16.4. The Labute approximate surface area is 197 Å². The van der Waals surface area contributed by atoms with Crippen LogP contribution in [-0.4, -0.2) is 40.1 Å². The van der Waals surface area contributed by atoms with Gasteiger partial charge in [-0.1, -0.05) is 30.3 Å². The number of aryl methyl sites for hydroxylation is 1. The highest BCUT2D eigenvalue weighted by molar-refractivity contribution is 7.92. The molecule has 0 atom stereocenters. The summed E-state index contributed by atoms with van der Waals surface area (Å²) in [6.07, 6.45) is 1.14. The summed E-state index contributed by atoms with van der Waals surface area (Å²) in [5.74, 6) is -0.447. The lowest BCUT2D eigenvalue weighted by Gasteiger charge is -2.30. The number of anilines is 3. The lowest BCUT2D eigenvalue weighted by molar-refractivity contribution is 0.102. The molecule has 0 aliphatic carbocycles. The third-order valence-electron chi connectivity index (χ3n) is 5.93. The van der Waals surface area contributed by atoms with Crippen molar-refractivity contribution in [2.24, 2.45) is 0 Å². The van der Waals surface area contributed by atoms with Gasteiger partial charge in [0, 0.05) is 23.5 Å². The van der Waals surface area contributed by atoms with Crippen LogP contribution in [0.2, 0.25) is 0 Å². The number of sulfonamides is 1. The summed E-state index contributed by atoms with van der Waals surface area (Å²) in [6, 6.07) is 20.4. The number of hydrogen-bond acceptors (Lipinski definition) is 5. The maximum Gasteiger partial charge on any atom is 0.414 e. The van der Waals surface area contributed by atoms with Crippen LogP contribution in [0.1, 0.15) is 22.3 Å². The Bertz CT molecular complexity index is 1370. The van der Waals surface area contributed by atoms with Gasteiger partial charge in [0.15, 0.2) is 0 Å². The average molecular weight is 478 g/mol. The van der Waals surface area contributed by atoms with E-state index in [1.54, 1.807) is 36.4 Å². The fourth-order valence-electron chi connectivity index (χ4n) is 4.26. The molecule has 2 aliphatic rings. The monoisotopic (exact) mass is 477 g/mol. The Morgan fingerprint density at radius 3 is 2.59 bits per heavy atom. The van der Waals surface area contributed by atoms with Gasteiger partial charge in [0.05, 0.1) is 17.1 Å². The number of ether oxygens (including phenoxy) is 1. The minimum Gasteiger partial charge on any atom is -0.447 e. The summed E-state index contributed by atoms with van der Waals surface area (Å²) < 4.78 is 33.3. The van der Waals surface area contributed by atoms with Crippen molar-refractivity contribution in [3.05, 3.63) is 83.9 Å². The first-order valence-electron chi connectivity index (χ1n) is 11.0. The molecule has 2 heterocycles. The fraction of sp³-hybridized carbons (Fsp3) is 0.200. The van der Waals surface area contributed by atoms with Crippen LogP contribution in [0.5, 0.6) is 0 Å². The first kappa shape index (κ1) is 22.0. The Morgan fingerprint density at radius 2 is 1.76 bits per heavy atom. The Balaban J connectivity index is 1.39. The molecule has 0 unspecified atom stereocenters. The third kappa shape index (κ3) is 4.10. The van der Waals surface area contributed by atoms with Crippen LogP contribution in [0.25, 0.3) is 0 Å². The van der Waals surface area contributed by atoms with Crippen LogP contribution in [-0.2, 0) is 21.2 Å². The SMILES string of the molecule is O=C(Nc1cccc(N2CCOC2=O)c1)c1cccc(S(=O)(=O)N2CCCc3ccccc32)c1. The molecule has 5 rings (SSSR count). The minimum atomic E-state index is -3.83. The maximum absolute atomic E-state index is 13.5. The molecule has 0 saturated carbocycles. The average Bonchev–Trinajstić information content (AvgIpc) is 3.29. The van der Waals surface area contributed by atoms with Gasteiger partial charge in [-0.2, -0.15) is 0 Å². The molecule has 0 aromatic heterocycles. The second kappa shape index (κ2) is 8.83. The van der Waals surface area contributed by atoms with Gasteiger partial charge in [0.2, 0.25) is 0 Å². The van der Waals surface area contributed by atoms with Gasteiger partial charge < -0.3 is 10.1 Å². The van der Waals surface area contributed by atoms with Crippen LogP contribution in [0.15, 0.2) is 77.7 Å². The highest BCUT2D eigenvalue weighted by Crippen LogP contribution is 2.32. The molecule has 0 spiro atoms. The molecule has 1 saturated heterocycles. The standard InChI is InChI=1S/C25H23N3O5S/c29-24(26-20-9-4-10-21(17-20)27-14-15-33-25(27)30)19-7-3-11-22(16-19)34(31,32)28-13-5-8-18-6-1-2-12-23(18)28/h1-4,6-7,9-12,16-17H,5,8,13-15H2,(H,26,29). The number of amides is 2. The number of nitrogens with zero attached hydrogens (tertiary/aromatic N) is 2. The Morgan fingerprint density at radius 1 is 0.941 bits per heavy atom. The number of carbonyl (C=O) groups is 2. The van der Waals surface area contributed by atoms with Crippen molar-refractivity contribution in [2.45, 2.75) is 17.7 Å². The van der Waals surface area contributed by atoms with Gasteiger partial charge in [-0.05, 0) is 60.9 Å². The predicted octanol–water partition coefficient (Wildman–Crippen LogP) is 4.04. The normalized spacial score (nSPS) is 15.6. The molecule has 3 aromatic rings. The van der Waals surface area contributed by atoms with Crippen LogP contribution in [0, 0.1) is 0 Å². The van der Waals surface area contributed by atoms with E-state index in [0.29, 0.717) is 36.8 Å². The van der Waals surface area contributed by atoms with Gasteiger partial charge in [0.1, 0.15) is 6.61 Å². The van der Waals surface area contributed by atoms with E-state index in [-0.39, 0.29) is 10.5 Å². The van der Waals surface area contributed by atoms with Crippen molar-refractivity contribution in [3.8, 4) is 0 Å². The van der Waals surface area contributed by atoms with Crippen molar-refractivity contribution in [3.63, 3.8) is 0 Å². The lowest BCUT2D eigenvalue weighted by Crippen LogP contribution is -2.35. The van der Waals surface area contributed by atoms with Gasteiger partial charge in [0.25, 0.3) is 15.9 Å². The molecule has 0 radical (unpaired) electrons. The lowest BCUT2D eigenvalue weighted by atomic mass is 10.0. The zero-order valence-electron chi connectivity index (χ0n) is 18.3. The number of para-hydroxylation sites is 1. The van der Waals surface area contributed by atoms with E-state index >= 15 is 0 Å². The van der Waals surface area contributed by atoms with E-state index in [2.05, 4.69) is 5.32 Å². The van der Waals surface area contributed by atoms with Crippen LogP contribution in [0.4, 0.5) is 21.9 Å². The summed E-state index contributed by atoms with van der Waals surface area (Å²) in [7, 11) is -3.83. The molecular formula is C25H23N3O5S. The van der Waals surface area contributed by atoms with E-state index in [1.807, 2.05) is 24.3 Å². The fourth-order valence-corrected chi connectivity index (χ4v) is 5.84. The molecule has 8 nitrogen and oxygen atoms in total. The van der Waals surface area contributed by atoms with Crippen LogP contribution in [0.3, 0.4) is 0 Å². The van der Waals surface area contributed by atoms with Gasteiger partial charge in [-0.3, -0.25) is 14.0 Å². The van der Waals surface area contributed by atoms with Crippen LogP contribution >= 0.6 is 0 Å². The number of benzene rings is 3. The molecule has 1 fully saturated rings. The predicted molar refractivity (Wildman–Crippen MR) is 129 cm³/mol. The van der Waals surface area contributed by atoms with Gasteiger partial charge >= 0.3 is 6.09 Å². The van der Waals surface area contributed by atoms with Crippen molar-refractivity contribution < 1.29 is 22.7 Å². The summed E-state index contributed by atoms with van der Waals surface area (Å²) in [4.78, 5) is 26.3. The van der Waals surface area contributed by atoms with Gasteiger partial charge in [-0.25, -0.2) is 13.2 Å². The zero-order valence-corrected chi connectivity index (χ0v) is 19.1. The summed E-state index contributed by atoms with van der Waals surface area (Å²) in [5.41, 5.74) is 2.99. The highest BCUT2D eigenvalue weighted by atomic mass is 32.2. The van der Waals surface area contributed by atoms with E-state index in [9.17, 15) is 18.0 Å². The molecule has 9 heteroatoms. The molecule has 1 N–H and O–H groups in total.